The molecule has 1 fully saturated rings. The van der Waals surface area contributed by atoms with Gasteiger partial charge in [-0.1, -0.05) is 36.1 Å². The lowest BCUT2D eigenvalue weighted by molar-refractivity contribution is 0.163. The Labute approximate surface area is 177 Å². The van der Waals surface area contributed by atoms with E-state index in [0.717, 1.165) is 29.7 Å². The van der Waals surface area contributed by atoms with E-state index in [-0.39, 0.29) is 5.39 Å². The molecular weight excluding hydrogens is 378 g/mol. The number of methoxy groups -OCH3 is 1. The maximum absolute atomic E-state index is 13.8. The molecule has 3 heteroatoms. The molecule has 3 aromatic rings. The molecule has 0 bridgehead atoms. The van der Waals surface area contributed by atoms with Crippen LogP contribution in [0.25, 0.3) is 10.8 Å². The van der Waals surface area contributed by atoms with Crippen molar-refractivity contribution in [3.8, 4) is 11.8 Å². The first kappa shape index (κ1) is 20.6. The maximum Gasteiger partial charge on any atom is 0.166 e. The van der Waals surface area contributed by atoms with Crippen LogP contribution in [0.4, 0.5) is 8.78 Å². The van der Waals surface area contributed by atoms with Gasteiger partial charge in [-0.25, -0.2) is 8.78 Å². The third-order valence-electron chi connectivity index (χ3n) is 6.22. The zero-order chi connectivity index (χ0) is 20.9. The van der Waals surface area contributed by atoms with Crippen molar-refractivity contribution in [2.24, 2.45) is 5.92 Å². The van der Waals surface area contributed by atoms with Crippen molar-refractivity contribution in [1.82, 2.24) is 0 Å². The van der Waals surface area contributed by atoms with Crippen LogP contribution >= 0.6 is 0 Å². The van der Waals surface area contributed by atoms with Crippen molar-refractivity contribution in [1.29, 1.82) is 0 Å². The average molecular weight is 405 g/mol. The molecule has 0 heterocycles. The van der Waals surface area contributed by atoms with Crippen molar-refractivity contribution in [3.63, 3.8) is 0 Å². The summed E-state index contributed by atoms with van der Waals surface area (Å²) in [6.45, 7) is 0.867. The van der Waals surface area contributed by atoms with Gasteiger partial charge >= 0.3 is 0 Å². The molecule has 1 saturated carbocycles. The fourth-order valence-electron chi connectivity index (χ4n) is 4.39. The van der Waals surface area contributed by atoms with Crippen molar-refractivity contribution >= 4 is 10.8 Å². The Morgan fingerprint density at radius 3 is 2.30 bits per heavy atom. The second kappa shape index (κ2) is 9.41. The van der Waals surface area contributed by atoms with Crippen LogP contribution in [0.2, 0.25) is 0 Å². The molecule has 0 saturated heterocycles. The fourth-order valence-corrected chi connectivity index (χ4v) is 4.39. The zero-order valence-electron chi connectivity index (χ0n) is 17.3. The Kier molecular flexibility index (Phi) is 6.45. The molecule has 0 amide bonds. The largest absolute Gasteiger partial charge is 0.385 e. The van der Waals surface area contributed by atoms with Crippen LogP contribution in [0.3, 0.4) is 0 Å². The number of ether oxygens (including phenoxy) is 1. The standard InChI is InChI=1S/C27H26F2O/c1-30-17-16-20-6-11-23(12-7-20)22-9-4-19(5-10-22)2-3-21-8-14-25-24(18-21)13-15-26(28)27(25)29/h4-5,8-10,13-15,18,20,23H,6-7,11-12,16-17H2,1H3. The van der Waals surface area contributed by atoms with Gasteiger partial charge in [0.05, 0.1) is 0 Å². The highest BCUT2D eigenvalue weighted by Gasteiger charge is 2.22. The fraction of sp³-hybridized carbons (Fsp3) is 0.333. The first-order valence-electron chi connectivity index (χ1n) is 10.6. The third kappa shape index (κ3) is 4.71. The van der Waals surface area contributed by atoms with Crippen LogP contribution in [0.5, 0.6) is 0 Å². The molecule has 0 radical (unpaired) electrons. The lowest BCUT2D eigenvalue weighted by Gasteiger charge is -2.28. The Morgan fingerprint density at radius 2 is 1.57 bits per heavy atom. The van der Waals surface area contributed by atoms with E-state index in [4.69, 9.17) is 4.74 Å². The second-order valence-electron chi connectivity index (χ2n) is 8.17. The maximum atomic E-state index is 13.8. The van der Waals surface area contributed by atoms with Gasteiger partial charge in [0.15, 0.2) is 11.6 Å². The van der Waals surface area contributed by atoms with E-state index >= 15 is 0 Å². The van der Waals surface area contributed by atoms with E-state index < -0.39 is 11.6 Å². The molecule has 30 heavy (non-hydrogen) atoms. The second-order valence-corrected chi connectivity index (χ2v) is 8.17. The number of halogens is 2. The molecule has 0 N–H and O–H groups in total. The summed E-state index contributed by atoms with van der Waals surface area (Å²) >= 11 is 0. The van der Waals surface area contributed by atoms with Gasteiger partial charge in [0.2, 0.25) is 0 Å². The minimum absolute atomic E-state index is 0.279. The molecule has 0 unspecified atom stereocenters. The highest BCUT2D eigenvalue weighted by Crippen LogP contribution is 2.37. The third-order valence-corrected chi connectivity index (χ3v) is 6.22. The van der Waals surface area contributed by atoms with Gasteiger partial charge in [-0.15, -0.1) is 0 Å². The highest BCUT2D eigenvalue weighted by molar-refractivity contribution is 5.84. The molecule has 0 aromatic heterocycles. The van der Waals surface area contributed by atoms with Gasteiger partial charge in [0.1, 0.15) is 0 Å². The molecular formula is C27H26F2O. The van der Waals surface area contributed by atoms with Crippen molar-refractivity contribution in [2.75, 3.05) is 13.7 Å². The predicted molar refractivity (Wildman–Crippen MR) is 117 cm³/mol. The first-order chi connectivity index (χ1) is 14.6. The predicted octanol–water partition coefficient (Wildman–Crippen LogP) is 6.83. The van der Waals surface area contributed by atoms with Gasteiger partial charge in [-0.3, -0.25) is 0 Å². The van der Waals surface area contributed by atoms with Gasteiger partial charge in [0, 0.05) is 30.2 Å². The Balaban J connectivity index is 1.42. The van der Waals surface area contributed by atoms with Crippen molar-refractivity contribution < 1.29 is 13.5 Å². The molecule has 4 rings (SSSR count). The lowest BCUT2D eigenvalue weighted by Crippen LogP contribution is -2.14. The summed E-state index contributed by atoms with van der Waals surface area (Å²) in [7, 11) is 1.77. The van der Waals surface area contributed by atoms with Crippen LogP contribution in [-0.2, 0) is 4.74 Å². The van der Waals surface area contributed by atoms with Gasteiger partial charge < -0.3 is 4.74 Å². The quantitative estimate of drug-likeness (QED) is 0.433. The van der Waals surface area contributed by atoms with Gasteiger partial charge in [-0.2, -0.15) is 0 Å². The monoisotopic (exact) mass is 404 g/mol. The summed E-state index contributed by atoms with van der Waals surface area (Å²) in [5.74, 6) is 6.12. The molecule has 3 aromatic carbocycles. The summed E-state index contributed by atoms with van der Waals surface area (Å²) in [4.78, 5) is 0. The van der Waals surface area contributed by atoms with Crippen LogP contribution in [0.1, 0.15) is 54.7 Å². The van der Waals surface area contributed by atoms with Crippen LogP contribution in [0, 0.1) is 29.4 Å². The number of benzene rings is 3. The molecule has 1 aliphatic carbocycles. The lowest BCUT2D eigenvalue weighted by atomic mass is 9.77. The minimum Gasteiger partial charge on any atom is -0.385 e. The summed E-state index contributed by atoms with van der Waals surface area (Å²) in [6.07, 6.45) is 6.22. The molecule has 0 aliphatic heterocycles. The summed E-state index contributed by atoms with van der Waals surface area (Å²) in [5, 5.41) is 0.930. The smallest absolute Gasteiger partial charge is 0.166 e. The van der Waals surface area contributed by atoms with E-state index in [1.165, 1.54) is 37.7 Å². The van der Waals surface area contributed by atoms with E-state index in [9.17, 15) is 8.78 Å². The zero-order valence-corrected chi connectivity index (χ0v) is 17.3. The normalized spacial score (nSPS) is 18.8. The SMILES string of the molecule is COCCC1CCC(c2ccc(C#Cc3ccc4c(F)c(F)ccc4c3)cc2)CC1. The van der Waals surface area contributed by atoms with E-state index in [0.29, 0.717) is 11.3 Å². The van der Waals surface area contributed by atoms with E-state index in [1.54, 1.807) is 31.4 Å². The van der Waals surface area contributed by atoms with Crippen LogP contribution in [0.15, 0.2) is 54.6 Å². The van der Waals surface area contributed by atoms with Gasteiger partial charge in [-0.05, 0) is 85.2 Å². The first-order valence-corrected chi connectivity index (χ1v) is 10.6. The molecule has 1 aliphatic rings. The van der Waals surface area contributed by atoms with Gasteiger partial charge in [0.25, 0.3) is 0 Å². The highest BCUT2D eigenvalue weighted by atomic mass is 19.2. The Morgan fingerprint density at radius 1 is 0.867 bits per heavy atom. The van der Waals surface area contributed by atoms with Crippen molar-refractivity contribution in [3.05, 3.63) is 82.9 Å². The van der Waals surface area contributed by atoms with E-state index in [1.807, 2.05) is 0 Å². The number of hydrogen-bond acceptors (Lipinski definition) is 1. The average Bonchev–Trinajstić information content (AvgIpc) is 2.79. The minimum atomic E-state index is -0.829. The van der Waals surface area contributed by atoms with Crippen molar-refractivity contribution in [2.45, 2.75) is 38.0 Å². The molecule has 1 nitrogen and oxygen atoms in total. The topological polar surface area (TPSA) is 9.23 Å². The Bertz CT molecular complexity index is 1070. The van der Waals surface area contributed by atoms with Crippen LogP contribution < -0.4 is 0 Å². The number of rotatable bonds is 4. The number of hydrogen-bond donors (Lipinski definition) is 0. The van der Waals surface area contributed by atoms with E-state index in [2.05, 4.69) is 36.1 Å². The molecule has 0 atom stereocenters. The summed E-state index contributed by atoms with van der Waals surface area (Å²) in [6, 6.07) is 16.4. The molecule has 154 valence electrons. The number of fused-ring (bicyclic) bond motifs is 1. The van der Waals surface area contributed by atoms with Crippen LogP contribution in [-0.4, -0.2) is 13.7 Å². The molecule has 0 spiro atoms. The Hall–Kier alpha value is -2.70. The summed E-state index contributed by atoms with van der Waals surface area (Å²) in [5.41, 5.74) is 3.14. The summed E-state index contributed by atoms with van der Waals surface area (Å²) < 4.78 is 32.4.